The van der Waals surface area contributed by atoms with E-state index in [1.165, 1.54) is 4.88 Å². The molecule has 0 saturated carbocycles. The Kier molecular flexibility index (Phi) is 5.86. The van der Waals surface area contributed by atoms with Crippen LogP contribution in [0.3, 0.4) is 0 Å². The van der Waals surface area contributed by atoms with Gasteiger partial charge in [0.25, 0.3) is 0 Å². The average Bonchev–Trinajstić information content (AvgIpc) is 3.08. The van der Waals surface area contributed by atoms with Crippen molar-refractivity contribution in [3.05, 3.63) is 52.5 Å². The lowest BCUT2D eigenvalue weighted by atomic mass is 10.0. The number of nitrogens with zero attached hydrogens (tertiary/aromatic N) is 5. The molecule has 0 aliphatic carbocycles. The molecule has 1 N–H and O–H groups in total. The summed E-state index contributed by atoms with van der Waals surface area (Å²) in [6.07, 6.45) is 2.24. The van der Waals surface area contributed by atoms with Crippen LogP contribution in [0.1, 0.15) is 29.0 Å². The van der Waals surface area contributed by atoms with Crippen molar-refractivity contribution in [2.45, 2.75) is 26.7 Å². The SMILES string of the molecule is Cc1nc(NCN2CCCCN(C)c3ccc(-c4ccccc4C#N)nc32)sc1C. The van der Waals surface area contributed by atoms with Crippen LogP contribution in [-0.4, -0.2) is 36.8 Å². The molecule has 7 heteroatoms. The zero-order valence-electron chi connectivity index (χ0n) is 17.6. The van der Waals surface area contributed by atoms with Crippen molar-refractivity contribution in [1.29, 1.82) is 5.26 Å². The molecule has 1 aliphatic rings. The van der Waals surface area contributed by atoms with E-state index in [1.807, 2.05) is 37.3 Å². The summed E-state index contributed by atoms with van der Waals surface area (Å²) in [5.74, 6) is 0.944. The second-order valence-electron chi connectivity index (χ2n) is 7.58. The molecule has 0 amide bonds. The van der Waals surface area contributed by atoms with E-state index in [4.69, 9.17) is 4.98 Å². The lowest BCUT2D eigenvalue weighted by Gasteiger charge is -2.32. The molecule has 0 saturated heterocycles. The monoisotopic (exact) mass is 418 g/mol. The largest absolute Gasteiger partial charge is 0.372 e. The number of fused-ring (bicyclic) bond motifs is 1. The number of aromatic nitrogens is 2. The van der Waals surface area contributed by atoms with Crippen molar-refractivity contribution in [2.24, 2.45) is 0 Å². The molecule has 30 heavy (non-hydrogen) atoms. The molecular formula is C23H26N6S. The average molecular weight is 419 g/mol. The Morgan fingerprint density at radius 2 is 1.90 bits per heavy atom. The molecule has 154 valence electrons. The normalized spacial score (nSPS) is 13.9. The van der Waals surface area contributed by atoms with Crippen LogP contribution in [0.25, 0.3) is 11.3 Å². The van der Waals surface area contributed by atoms with Gasteiger partial charge in [0.05, 0.1) is 35.4 Å². The van der Waals surface area contributed by atoms with Crippen molar-refractivity contribution >= 4 is 28.0 Å². The van der Waals surface area contributed by atoms with Gasteiger partial charge in [0, 0.05) is 30.6 Å². The van der Waals surface area contributed by atoms with Crippen LogP contribution < -0.4 is 15.1 Å². The third-order valence-electron chi connectivity index (χ3n) is 5.51. The molecule has 4 rings (SSSR count). The summed E-state index contributed by atoms with van der Waals surface area (Å²) in [7, 11) is 2.12. The Labute approximate surface area is 181 Å². The molecule has 3 heterocycles. The van der Waals surface area contributed by atoms with E-state index in [0.717, 1.165) is 59.5 Å². The van der Waals surface area contributed by atoms with Crippen molar-refractivity contribution in [3.63, 3.8) is 0 Å². The molecular weight excluding hydrogens is 392 g/mol. The van der Waals surface area contributed by atoms with Gasteiger partial charge in [0.1, 0.15) is 0 Å². The number of anilines is 3. The maximum atomic E-state index is 9.52. The zero-order chi connectivity index (χ0) is 21.1. The third kappa shape index (κ3) is 4.10. The number of benzene rings is 1. The number of pyridine rings is 1. The predicted octanol–water partition coefficient (Wildman–Crippen LogP) is 4.80. The summed E-state index contributed by atoms with van der Waals surface area (Å²) in [5.41, 5.74) is 4.52. The second-order valence-corrected chi connectivity index (χ2v) is 8.79. The van der Waals surface area contributed by atoms with Gasteiger partial charge < -0.3 is 15.1 Å². The van der Waals surface area contributed by atoms with Gasteiger partial charge >= 0.3 is 0 Å². The van der Waals surface area contributed by atoms with Crippen LogP contribution >= 0.6 is 11.3 Å². The van der Waals surface area contributed by atoms with E-state index < -0.39 is 0 Å². The van der Waals surface area contributed by atoms with E-state index in [9.17, 15) is 5.26 Å². The summed E-state index contributed by atoms with van der Waals surface area (Å²) in [4.78, 5) is 15.4. The number of nitriles is 1. The lowest BCUT2D eigenvalue weighted by molar-refractivity contribution is 0.668. The van der Waals surface area contributed by atoms with Crippen LogP contribution in [-0.2, 0) is 0 Å². The third-order valence-corrected chi connectivity index (χ3v) is 6.54. The van der Waals surface area contributed by atoms with Crippen molar-refractivity contribution in [2.75, 3.05) is 41.9 Å². The van der Waals surface area contributed by atoms with E-state index >= 15 is 0 Å². The number of hydrogen-bond acceptors (Lipinski definition) is 7. The van der Waals surface area contributed by atoms with E-state index in [-0.39, 0.29) is 0 Å². The highest BCUT2D eigenvalue weighted by atomic mass is 32.1. The highest BCUT2D eigenvalue weighted by molar-refractivity contribution is 7.15. The van der Waals surface area contributed by atoms with Crippen LogP contribution in [0.2, 0.25) is 0 Å². The number of nitrogens with one attached hydrogen (secondary N) is 1. The number of rotatable bonds is 4. The number of thiazole rings is 1. The topological polar surface area (TPSA) is 68.1 Å². The van der Waals surface area contributed by atoms with Crippen molar-refractivity contribution < 1.29 is 0 Å². The molecule has 1 aromatic carbocycles. The first-order chi connectivity index (χ1) is 14.6. The van der Waals surface area contributed by atoms with Gasteiger partial charge in [-0.25, -0.2) is 9.97 Å². The molecule has 6 nitrogen and oxygen atoms in total. The first-order valence-electron chi connectivity index (χ1n) is 10.2. The van der Waals surface area contributed by atoms with E-state index in [1.54, 1.807) is 11.3 Å². The maximum Gasteiger partial charge on any atom is 0.184 e. The van der Waals surface area contributed by atoms with Gasteiger partial charge in [-0.2, -0.15) is 5.26 Å². The second kappa shape index (κ2) is 8.72. The Hall–Kier alpha value is -3.11. The van der Waals surface area contributed by atoms with Crippen LogP contribution in [0.5, 0.6) is 0 Å². The Morgan fingerprint density at radius 3 is 2.67 bits per heavy atom. The highest BCUT2D eigenvalue weighted by Crippen LogP contribution is 2.33. The van der Waals surface area contributed by atoms with Gasteiger partial charge in [-0.1, -0.05) is 18.2 Å². The van der Waals surface area contributed by atoms with Crippen LogP contribution in [0.4, 0.5) is 16.6 Å². The maximum absolute atomic E-state index is 9.52. The standard InChI is InChI=1S/C23H26N6S/c1-16-17(2)30-23(26-16)25-15-29-13-7-6-12-28(3)21-11-10-20(27-22(21)29)19-9-5-4-8-18(19)14-24/h4-5,8-11H,6-7,12-13,15H2,1-3H3,(H,25,26). The molecule has 0 spiro atoms. The minimum atomic E-state index is 0.641. The van der Waals surface area contributed by atoms with Gasteiger partial charge in [0.15, 0.2) is 10.9 Å². The number of hydrogen-bond donors (Lipinski definition) is 1. The minimum absolute atomic E-state index is 0.641. The van der Waals surface area contributed by atoms with Crippen molar-refractivity contribution in [3.8, 4) is 17.3 Å². The smallest absolute Gasteiger partial charge is 0.184 e. The Bertz CT molecular complexity index is 1060. The molecule has 0 unspecified atom stereocenters. The van der Waals surface area contributed by atoms with Gasteiger partial charge in [-0.15, -0.1) is 11.3 Å². The molecule has 1 aliphatic heterocycles. The molecule has 0 radical (unpaired) electrons. The molecule has 0 atom stereocenters. The van der Waals surface area contributed by atoms with Crippen LogP contribution in [0, 0.1) is 25.2 Å². The Morgan fingerprint density at radius 1 is 1.10 bits per heavy atom. The first-order valence-corrected chi connectivity index (χ1v) is 11.0. The van der Waals surface area contributed by atoms with E-state index in [2.05, 4.69) is 46.2 Å². The summed E-state index contributed by atoms with van der Waals surface area (Å²) < 4.78 is 0. The highest BCUT2D eigenvalue weighted by Gasteiger charge is 2.20. The molecule has 2 aromatic heterocycles. The Balaban J connectivity index is 1.70. The molecule has 0 bridgehead atoms. The van der Waals surface area contributed by atoms with E-state index in [0.29, 0.717) is 12.2 Å². The summed E-state index contributed by atoms with van der Waals surface area (Å²) >= 11 is 1.68. The summed E-state index contributed by atoms with van der Waals surface area (Å²) in [6, 6.07) is 14.1. The van der Waals surface area contributed by atoms with Gasteiger partial charge in [0.2, 0.25) is 0 Å². The first kappa shape index (κ1) is 20.2. The summed E-state index contributed by atoms with van der Waals surface area (Å²) in [6.45, 7) is 6.71. The lowest BCUT2D eigenvalue weighted by Crippen LogP contribution is -2.35. The van der Waals surface area contributed by atoms with Crippen LogP contribution in [0.15, 0.2) is 36.4 Å². The van der Waals surface area contributed by atoms with Gasteiger partial charge in [-0.3, -0.25) is 0 Å². The zero-order valence-corrected chi connectivity index (χ0v) is 18.5. The quantitative estimate of drug-likeness (QED) is 0.656. The van der Waals surface area contributed by atoms with Gasteiger partial charge in [-0.05, 0) is 44.9 Å². The number of aryl methyl sites for hydroxylation is 2. The predicted molar refractivity (Wildman–Crippen MR) is 124 cm³/mol. The summed E-state index contributed by atoms with van der Waals surface area (Å²) in [5, 5.41) is 13.9. The van der Waals surface area contributed by atoms with Crippen molar-refractivity contribution in [1.82, 2.24) is 9.97 Å². The molecule has 0 fully saturated rings. The fourth-order valence-corrected chi connectivity index (χ4v) is 4.47. The fraction of sp³-hybridized carbons (Fsp3) is 0.348. The fourth-order valence-electron chi connectivity index (χ4n) is 3.67. The minimum Gasteiger partial charge on any atom is -0.372 e. The molecule has 3 aromatic rings.